The van der Waals surface area contributed by atoms with Gasteiger partial charge in [-0.05, 0) is 107 Å². The molecule has 3 aliphatic heterocycles. The van der Waals surface area contributed by atoms with E-state index >= 15 is 4.39 Å². The topological polar surface area (TPSA) is 96.8 Å². The Balaban J connectivity index is 1.00. The lowest BCUT2D eigenvalue weighted by atomic mass is 9.78. The van der Waals surface area contributed by atoms with E-state index in [4.69, 9.17) is 9.72 Å². The first-order chi connectivity index (χ1) is 22.6. The van der Waals surface area contributed by atoms with Gasteiger partial charge in [-0.15, -0.1) is 0 Å². The second-order valence-corrected chi connectivity index (χ2v) is 13.7. The highest BCUT2D eigenvalue weighted by atomic mass is 19.1. The number of aromatic nitrogens is 2. The van der Waals surface area contributed by atoms with Crippen LogP contribution in [0.5, 0.6) is 5.75 Å². The molecule has 1 N–H and O–H groups in total. The Morgan fingerprint density at radius 1 is 0.957 bits per heavy atom. The Morgan fingerprint density at radius 2 is 1.66 bits per heavy atom. The molecule has 2 amide bonds. The van der Waals surface area contributed by atoms with E-state index in [1.165, 1.54) is 0 Å². The van der Waals surface area contributed by atoms with E-state index in [2.05, 4.69) is 15.1 Å². The first-order valence-electron chi connectivity index (χ1n) is 16.9. The minimum absolute atomic E-state index is 0.0146. The Morgan fingerprint density at radius 3 is 2.32 bits per heavy atom. The molecule has 2 aromatic heterocycles. The number of carbonyl (C=O) groups is 2. The van der Waals surface area contributed by atoms with Crippen molar-refractivity contribution in [3.63, 3.8) is 0 Å². The van der Waals surface area contributed by atoms with Gasteiger partial charge in [-0.3, -0.25) is 29.6 Å². The molecule has 1 aromatic carbocycles. The number of amides is 2. The molecule has 0 saturated carbocycles. The lowest BCUT2D eigenvalue weighted by Gasteiger charge is -2.41. The molecule has 1 atom stereocenters. The molecule has 3 aliphatic rings. The number of carbonyl (C=O) groups excluding carboxylic acids is 2. The highest BCUT2D eigenvalue weighted by molar-refractivity contribution is 5.98. The number of likely N-dealkylation sites (tertiary alicyclic amines) is 1. The van der Waals surface area contributed by atoms with Gasteiger partial charge in [0.25, 0.3) is 5.56 Å². The van der Waals surface area contributed by atoms with E-state index in [0.717, 1.165) is 97.7 Å². The molecule has 3 aromatic rings. The van der Waals surface area contributed by atoms with Crippen molar-refractivity contribution in [1.82, 2.24) is 19.8 Å². The van der Waals surface area contributed by atoms with E-state index < -0.39 is 0 Å². The summed E-state index contributed by atoms with van der Waals surface area (Å²) < 4.78 is 22.6. The molecule has 10 heteroatoms. The zero-order valence-corrected chi connectivity index (χ0v) is 28.0. The molecule has 47 heavy (non-hydrogen) atoms. The molecule has 9 nitrogen and oxygen atoms in total. The first kappa shape index (κ1) is 32.9. The van der Waals surface area contributed by atoms with Gasteiger partial charge in [0.05, 0.1) is 18.5 Å². The van der Waals surface area contributed by atoms with Crippen LogP contribution in [0.25, 0.3) is 11.1 Å². The van der Waals surface area contributed by atoms with E-state index in [1.54, 1.807) is 24.8 Å². The summed E-state index contributed by atoms with van der Waals surface area (Å²) in [5.41, 5.74) is 6.00. The van der Waals surface area contributed by atoms with E-state index in [9.17, 15) is 14.4 Å². The van der Waals surface area contributed by atoms with Gasteiger partial charge >= 0.3 is 0 Å². The van der Waals surface area contributed by atoms with Crippen LogP contribution in [0.1, 0.15) is 60.9 Å². The van der Waals surface area contributed by atoms with Crippen LogP contribution in [-0.4, -0.2) is 59.6 Å². The Kier molecular flexibility index (Phi) is 9.77. The molecular weight excluding hydrogens is 597 g/mol. The van der Waals surface area contributed by atoms with Crippen molar-refractivity contribution in [2.75, 3.05) is 38.2 Å². The number of methoxy groups -OCH3 is 1. The van der Waals surface area contributed by atoms with Crippen LogP contribution in [0.15, 0.2) is 41.5 Å². The van der Waals surface area contributed by atoms with Crippen molar-refractivity contribution in [1.29, 1.82) is 0 Å². The molecule has 1 unspecified atom stereocenters. The SMILES string of the molecule is COc1cc(-c2cn(C)c(=O)c(C)c2C)cnc1CN1CCC(C2CCN(c3ccc(CC4CCC(=O)NC4=O)cc3F)CC2)CC1. The number of halogens is 1. The van der Waals surface area contributed by atoms with Crippen LogP contribution in [0, 0.1) is 37.4 Å². The van der Waals surface area contributed by atoms with Crippen LogP contribution >= 0.6 is 0 Å². The number of nitrogens with one attached hydrogen (secondary N) is 1. The minimum Gasteiger partial charge on any atom is -0.495 e. The van der Waals surface area contributed by atoms with Gasteiger partial charge in [0.1, 0.15) is 11.6 Å². The minimum atomic E-state index is -0.286. The van der Waals surface area contributed by atoms with E-state index in [1.807, 2.05) is 44.4 Å². The smallest absolute Gasteiger partial charge is 0.253 e. The molecule has 0 spiro atoms. The van der Waals surface area contributed by atoms with Gasteiger partial charge in [0.15, 0.2) is 0 Å². The number of rotatable bonds is 8. The molecule has 5 heterocycles. The first-order valence-corrected chi connectivity index (χ1v) is 16.9. The van der Waals surface area contributed by atoms with Crippen LogP contribution < -0.4 is 20.5 Å². The fraction of sp³-hybridized carbons (Fsp3) is 0.514. The summed E-state index contributed by atoms with van der Waals surface area (Å²) in [6, 6.07) is 7.37. The Hall–Kier alpha value is -4.05. The quantitative estimate of drug-likeness (QED) is 0.348. The lowest BCUT2D eigenvalue weighted by Crippen LogP contribution is -2.41. The second-order valence-electron chi connectivity index (χ2n) is 13.7. The van der Waals surface area contributed by atoms with Crippen molar-refractivity contribution in [2.24, 2.45) is 24.8 Å². The Bertz CT molecular complexity index is 1710. The van der Waals surface area contributed by atoms with Gasteiger partial charge in [-0.25, -0.2) is 4.39 Å². The normalized spacial score (nSPS) is 20.0. The number of nitrogens with zero attached hydrogens (tertiary/aromatic N) is 4. The van der Waals surface area contributed by atoms with Crippen molar-refractivity contribution in [2.45, 2.75) is 65.3 Å². The van der Waals surface area contributed by atoms with E-state index in [-0.39, 0.29) is 29.1 Å². The summed E-state index contributed by atoms with van der Waals surface area (Å²) in [6.45, 7) is 8.29. The summed E-state index contributed by atoms with van der Waals surface area (Å²) in [7, 11) is 3.46. The molecule has 0 aliphatic carbocycles. The summed E-state index contributed by atoms with van der Waals surface area (Å²) >= 11 is 0. The monoisotopic (exact) mass is 643 g/mol. The predicted octanol–water partition coefficient (Wildman–Crippen LogP) is 4.94. The third-order valence-corrected chi connectivity index (χ3v) is 10.8. The maximum atomic E-state index is 15.2. The highest BCUT2D eigenvalue weighted by Gasteiger charge is 2.31. The van der Waals surface area contributed by atoms with Crippen LogP contribution in [0.4, 0.5) is 10.1 Å². The number of hydrogen-bond donors (Lipinski definition) is 1. The van der Waals surface area contributed by atoms with E-state index in [0.29, 0.717) is 36.8 Å². The molecule has 3 saturated heterocycles. The number of hydrogen-bond acceptors (Lipinski definition) is 7. The van der Waals surface area contributed by atoms with Gasteiger partial charge < -0.3 is 14.2 Å². The summed E-state index contributed by atoms with van der Waals surface area (Å²) in [4.78, 5) is 45.4. The van der Waals surface area contributed by atoms with Crippen molar-refractivity contribution < 1.29 is 18.7 Å². The van der Waals surface area contributed by atoms with Crippen LogP contribution in [0.2, 0.25) is 0 Å². The maximum absolute atomic E-state index is 15.2. The number of ether oxygens (including phenoxy) is 1. The summed E-state index contributed by atoms with van der Waals surface area (Å²) in [5.74, 6) is 1.06. The molecule has 6 rings (SSSR count). The molecule has 250 valence electrons. The van der Waals surface area contributed by atoms with Crippen molar-refractivity contribution >= 4 is 17.5 Å². The third kappa shape index (κ3) is 7.12. The third-order valence-electron chi connectivity index (χ3n) is 10.8. The summed E-state index contributed by atoms with van der Waals surface area (Å²) in [6.07, 6.45) is 9.46. The van der Waals surface area contributed by atoms with Crippen molar-refractivity contribution in [3.05, 3.63) is 75.2 Å². The van der Waals surface area contributed by atoms with Gasteiger partial charge in [-0.2, -0.15) is 0 Å². The number of benzene rings is 1. The summed E-state index contributed by atoms with van der Waals surface area (Å²) in [5, 5.41) is 2.39. The number of aryl methyl sites for hydroxylation is 1. The van der Waals surface area contributed by atoms with Crippen LogP contribution in [0.3, 0.4) is 0 Å². The highest BCUT2D eigenvalue weighted by Crippen LogP contribution is 2.36. The number of anilines is 1. The number of piperidine rings is 3. The zero-order chi connectivity index (χ0) is 33.2. The largest absolute Gasteiger partial charge is 0.495 e. The zero-order valence-electron chi connectivity index (χ0n) is 28.0. The van der Waals surface area contributed by atoms with Gasteiger partial charge in [0, 0.05) is 68.1 Å². The molecular formula is C37H46FN5O4. The second kappa shape index (κ2) is 14.0. The molecule has 0 bridgehead atoms. The molecule has 0 radical (unpaired) electrons. The van der Waals surface area contributed by atoms with Gasteiger partial charge in [-0.1, -0.05) is 6.07 Å². The molecule has 3 fully saturated rings. The average Bonchev–Trinajstić information content (AvgIpc) is 3.07. The fourth-order valence-corrected chi connectivity index (χ4v) is 7.74. The van der Waals surface area contributed by atoms with Gasteiger partial charge in [0.2, 0.25) is 11.8 Å². The fourth-order valence-electron chi connectivity index (χ4n) is 7.74. The standard InChI is InChI=1S/C37H46FN5O4/c1-23-24(2)37(46)41(3)21-30(23)29-19-34(47-4)32(39-20-29)22-42-13-9-26(10-14-42)27-11-15-43(16-12-27)33-7-5-25(18-31(33)38)17-28-6-8-35(44)40-36(28)45/h5,7,18-21,26-28H,6,8-17,22H2,1-4H3,(H,40,44,45). The number of pyridine rings is 2. The number of imide groups is 1. The Labute approximate surface area is 276 Å². The lowest BCUT2D eigenvalue weighted by molar-refractivity contribution is -0.136. The average molecular weight is 644 g/mol. The van der Waals surface area contributed by atoms with Crippen molar-refractivity contribution in [3.8, 4) is 16.9 Å². The maximum Gasteiger partial charge on any atom is 0.253 e. The predicted molar refractivity (Wildman–Crippen MR) is 180 cm³/mol. The van der Waals surface area contributed by atoms with Crippen LogP contribution in [-0.2, 0) is 29.6 Å².